The highest BCUT2D eigenvalue weighted by atomic mass is 79.9. The molecule has 0 bridgehead atoms. The molecule has 0 atom stereocenters. The number of esters is 1. The molecule has 0 unspecified atom stereocenters. The standard InChI is InChI=1S/C17H15BrO2/c1-2-20-17(19)13-5-7-15-11(9-13)3-4-12-10-14(18)6-8-16(12)15/h5-10H,2-4H2,1H3. The van der Waals surface area contributed by atoms with Gasteiger partial charge in [0.05, 0.1) is 12.2 Å². The quantitative estimate of drug-likeness (QED) is 0.763. The van der Waals surface area contributed by atoms with Gasteiger partial charge < -0.3 is 4.74 Å². The van der Waals surface area contributed by atoms with Gasteiger partial charge in [-0.1, -0.05) is 28.1 Å². The number of fused-ring (bicyclic) bond motifs is 3. The highest BCUT2D eigenvalue weighted by Crippen LogP contribution is 2.35. The molecular formula is C17H15BrO2. The van der Waals surface area contributed by atoms with Crippen molar-refractivity contribution in [1.82, 2.24) is 0 Å². The molecule has 3 heteroatoms. The zero-order valence-electron chi connectivity index (χ0n) is 11.3. The van der Waals surface area contributed by atoms with Crippen molar-refractivity contribution in [3.05, 3.63) is 57.6 Å². The molecular weight excluding hydrogens is 316 g/mol. The topological polar surface area (TPSA) is 26.3 Å². The summed E-state index contributed by atoms with van der Waals surface area (Å²) in [5.74, 6) is -0.239. The molecule has 20 heavy (non-hydrogen) atoms. The van der Waals surface area contributed by atoms with Crippen LogP contribution in [0.3, 0.4) is 0 Å². The summed E-state index contributed by atoms with van der Waals surface area (Å²) in [4.78, 5) is 11.8. The molecule has 0 fully saturated rings. The summed E-state index contributed by atoms with van der Waals surface area (Å²) in [5, 5.41) is 0. The number of benzene rings is 2. The molecule has 0 radical (unpaired) electrons. The number of carbonyl (C=O) groups excluding carboxylic acids is 1. The van der Waals surface area contributed by atoms with Crippen LogP contribution >= 0.6 is 15.9 Å². The SMILES string of the molecule is CCOC(=O)c1ccc2c(c1)CCc1cc(Br)ccc1-2. The van der Waals surface area contributed by atoms with Gasteiger partial charge in [0.1, 0.15) is 0 Å². The Kier molecular flexibility index (Phi) is 3.62. The smallest absolute Gasteiger partial charge is 0.338 e. The Hall–Kier alpha value is -1.61. The van der Waals surface area contributed by atoms with E-state index in [-0.39, 0.29) is 5.97 Å². The van der Waals surface area contributed by atoms with Crippen LogP contribution in [0.5, 0.6) is 0 Å². The first-order valence-corrected chi connectivity index (χ1v) is 7.57. The van der Waals surface area contributed by atoms with Crippen LogP contribution in [0.4, 0.5) is 0 Å². The van der Waals surface area contributed by atoms with E-state index in [4.69, 9.17) is 4.74 Å². The summed E-state index contributed by atoms with van der Waals surface area (Å²) in [7, 11) is 0. The van der Waals surface area contributed by atoms with E-state index in [1.807, 2.05) is 25.1 Å². The molecule has 0 aromatic heterocycles. The van der Waals surface area contributed by atoms with Crippen LogP contribution in [-0.4, -0.2) is 12.6 Å². The monoisotopic (exact) mass is 330 g/mol. The largest absolute Gasteiger partial charge is 0.462 e. The molecule has 0 amide bonds. The third-order valence-electron chi connectivity index (χ3n) is 3.64. The van der Waals surface area contributed by atoms with Crippen molar-refractivity contribution in [2.45, 2.75) is 19.8 Å². The van der Waals surface area contributed by atoms with Crippen molar-refractivity contribution >= 4 is 21.9 Å². The number of aryl methyl sites for hydroxylation is 2. The van der Waals surface area contributed by atoms with Crippen LogP contribution in [0.15, 0.2) is 40.9 Å². The molecule has 2 nitrogen and oxygen atoms in total. The number of hydrogen-bond donors (Lipinski definition) is 0. The van der Waals surface area contributed by atoms with Gasteiger partial charge in [-0.05, 0) is 66.3 Å². The van der Waals surface area contributed by atoms with Gasteiger partial charge in [-0.2, -0.15) is 0 Å². The fraction of sp³-hybridized carbons (Fsp3) is 0.235. The second kappa shape index (κ2) is 5.41. The third kappa shape index (κ3) is 2.38. The Labute approximate surface area is 126 Å². The van der Waals surface area contributed by atoms with Crippen molar-refractivity contribution in [2.24, 2.45) is 0 Å². The van der Waals surface area contributed by atoms with E-state index < -0.39 is 0 Å². The average molecular weight is 331 g/mol. The summed E-state index contributed by atoms with van der Waals surface area (Å²) in [6.45, 7) is 2.23. The maximum Gasteiger partial charge on any atom is 0.338 e. The first-order valence-electron chi connectivity index (χ1n) is 6.78. The van der Waals surface area contributed by atoms with E-state index in [2.05, 4.69) is 34.1 Å². The van der Waals surface area contributed by atoms with Crippen LogP contribution in [0.1, 0.15) is 28.4 Å². The van der Waals surface area contributed by atoms with Crippen molar-refractivity contribution < 1.29 is 9.53 Å². The predicted molar refractivity (Wildman–Crippen MR) is 82.9 cm³/mol. The molecule has 0 N–H and O–H groups in total. The lowest BCUT2D eigenvalue weighted by Crippen LogP contribution is -2.08. The summed E-state index contributed by atoms with van der Waals surface area (Å²) in [6.07, 6.45) is 1.97. The fourth-order valence-corrected chi connectivity index (χ4v) is 3.11. The normalized spacial score (nSPS) is 12.5. The molecule has 3 rings (SSSR count). The Morgan fingerprint density at radius 3 is 2.45 bits per heavy atom. The van der Waals surface area contributed by atoms with E-state index in [1.54, 1.807) is 0 Å². The van der Waals surface area contributed by atoms with Gasteiger partial charge in [0.2, 0.25) is 0 Å². The van der Waals surface area contributed by atoms with Crippen LogP contribution in [-0.2, 0) is 17.6 Å². The molecule has 1 aliphatic rings. The van der Waals surface area contributed by atoms with Gasteiger partial charge in [0.25, 0.3) is 0 Å². The van der Waals surface area contributed by atoms with E-state index >= 15 is 0 Å². The summed E-state index contributed by atoms with van der Waals surface area (Å²) in [6, 6.07) is 12.2. The number of ether oxygens (including phenoxy) is 1. The highest BCUT2D eigenvalue weighted by Gasteiger charge is 2.18. The minimum absolute atomic E-state index is 0.239. The third-order valence-corrected chi connectivity index (χ3v) is 4.13. The minimum Gasteiger partial charge on any atom is -0.462 e. The van der Waals surface area contributed by atoms with Gasteiger partial charge in [0, 0.05) is 4.47 Å². The summed E-state index contributed by atoms with van der Waals surface area (Å²) < 4.78 is 6.17. The minimum atomic E-state index is -0.239. The summed E-state index contributed by atoms with van der Waals surface area (Å²) >= 11 is 3.52. The number of carbonyl (C=O) groups is 1. The number of rotatable bonds is 2. The van der Waals surface area contributed by atoms with E-state index in [1.165, 1.54) is 22.3 Å². The van der Waals surface area contributed by atoms with Crippen molar-refractivity contribution in [3.8, 4) is 11.1 Å². The van der Waals surface area contributed by atoms with Crippen molar-refractivity contribution in [1.29, 1.82) is 0 Å². The second-order valence-corrected chi connectivity index (χ2v) is 5.81. The lowest BCUT2D eigenvalue weighted by Gasteiger charge is -2.20. The fourth-order valence-electron chi connectivity index (χ4n) is 2.71. The molecule has 102 valence electrons. The molecule has 0 spiro atoms. The average Bonchev–Trinajstić information content (AvgIpc) is 2.46. The van der Waals surface area contributed by atoms with Crippen LogP contribution in [0, 0.1) is 0 Å². The predicted octanol–water partition coefficient (Wildman–Crippen LogP) is 4.39. The van der Waals surface area contributed by atoms with Gasteiger partial charge in [-0.15, -0.1) is 0 Å². The zero-order chi connectivity index (χ0) is 14.1. The highest BCUT2D eigenvalue weighted by molar-refractivity contribution is 9.10. The zero-order valence-corrected chi connectivity index (χ0v) is 12.9. The van der Waals surface area contributed by atoms with Crippen LogP contribution in [0.2, 0.25) is 0 Å². The molecule has 1 aliphatic carbocycles. The van der Waals surface area contributed by atoms with E-state index in [9.17, 15) is 4.79 Å². The second-order valence-electron chi connectivity index (χ2n) is 4.89. The molecule has 0 saturated heterocycles. The molecule has 0 heterocycles. The van der Waals surface area contributed by atoms with Crippen LogP contribution in [0.25, 0.3) is 11.1 Å². The van der Waals surface area contributed by atoms with Gasteiger partial charge in [0.15, 0.2) is 0 Å². The lowest BCUT2D eigenvalue weighted by atomic mass is 9.85. The van der Waals surface area contributed by atoms with E-state index in [0.717, 1.165) is 17.3 Å². The van der Waals surface area contributed by atoms with Gasteiger partial charge in [-0.3, -0.25) is 0 Å². The molecule has 2 aromatic carbocycles. The van der Waals surface area contributed by atoms with E-state index in [0.29, 0.717) is 12.2 Å². The maximum atomic E-state index is 11.8. The Balaban J connectivity index is 2.03. The molecule has 2 aromatic rings. The van der Waals surface area contributed by atoms with Gasteiger partial charge in [-0.25, -0.2) is 4.79 Å². The Bertz CT molecular complexity index is 677. The lowest BCUT2D eigenvalue weighted by molar-refractivity contribution is 0.0526. The molecule has 0 aliphatic heterocycles. The Morgan fingerprint density at radius 2 is 1.75 bits per heavy atom. The van der Waals surface area contributed by atoms with Crippen molar-refractivity contribution in [2.75, 3.05) is 6.61 Å². The van der Waals surface area contributed by atoms with Crippen molar-refractivity contribution in [3.63, 3.8) is 0 Å². The van der Waals surface area contributed by atoms with Crippen LogP contribution < -0.4 is 0 Å². The first-order chi connectivity index (χ1) is 9.69. The maximum absolute atomic E-state index is 11.8. The molecule has 0 saturated carbocycles. The van der Waals surface area contributed by atoms with Gasteiger partial charge >= 0.3 is 5.97 Å². The first kappa shape index (κ1) is 13.4. The number of halogens is 1. The number of hydrogen-bond acceptors (Lipinski definition) is 2. The summed E-state index contributed by atoms with van der Waals surface area (Å²) in [5.41, 5.74) is 5.73. The Morgan fingerprint density at radius 1 is 1.10 bits per heavy atom.